The van der Waals surface area contributed by atoms with Gasteiger partial charge in [-0.25, -0.2) is 4.90 Å². The number of thiocarbonyl (C=S) groups is 1. The number of hydrogen-bond acceptors (Lipinski definition) is 3. The smallest absolute Gasteiger partial charge is 0.236 e. The summed E-state index contributed by atoms with van der Waals surface area (Å²) in [5, 5.41) is 3.00. The minimum atomic E-state index is -0.261. The van der Waals surface area contributed by atoms with Crippen LogP contribution < -0.4 is 5.32 Å². The van der Waals surface area contributed by atoms with Crippen LogP contribution >= 0.6 is 44.1 Å². The van der Waals surface area contributed by atoms with E-state index in [0.717, 1.165) is 13.8 Å². The summed E-state index contributed by atoms with van der Waals surface area (Å²) in [6.07, 6.45) is 0.445. The van der Waals surface area contributed by atoms with Crippen LogP contribution in [0.15, 0.2) is 27.1 Å². The summed E-state index contributed by atoms with van der Waals surface area (Å²) in [6.45, 7) is 0. The van der Waals surface area contributed by atoms with E-state index in [0.29, 0.717) is 5.69 Å². The predicted octanol–water partition coefficient (Wildman–Crippen LogP) is 3.06. The Hall–Kier alpha value is -0.790. The van der Waals surface area contributed by atoms with E-state index in [1.807, 2.05) is 12.1 Å². The Morgan fingerprint density at radius 3 is 2.44 bits per heavy atom. The number of nitrogens with zero attached hydrogens (tertiary/aromatic N) is 1. The molecular formula is C11H8Br2N2O2S. The van der Waals surface area contributed by atoms with Crippen molar-refractivity contribution in [2.24, 2.45) is 0 Å². The summed E-state index contributed by atoms with van der Waals surface area (Å²) >= 11 is 11.8. The first-order valence-corrected chi connectivity index (χ1v) is 7.10. The maximum atomic E-state index is 11.5. The van der Waals surface area contributed by atoms with Crippen molar-refractivity contribution in [1.29, 1.82) is 0 Å². The number of imide groups is 1. The summed E-state index contributed by atoms with van der Waals surface area (Å²) in [4.78, 5) is 24.1. The van der Waals surface area contributed by atoms with Gasteiger partial charge in [-0.05, 0) is 46.3 Å². The molecule has 1 saturated heterocycles. The molecule has 0 unspecified atom stereocenters. The second kappa shape index (κ2) is 5.46. The Balaban J connectivity index is 2.19. The molecule has 1 heterocycles. The highest BCUT2D eigenvalue weighted by Crippen LogP contribution is 2.27. The van der Waals surface area contributed by atoms with E-state index in [4.69, 9.17) is 12.2 Å². The molecule has 2 rings (SSSR count). The lowest BCUT2D eigenvalue weighted by Gasteiger charge is -2.17. The molecule has 1 aliphatic rings. The van der Waals surface area contributed by atoms with Crippen molar-refractivity contribution in [2.75, 3.05) is 5.32 Å². The van der Waals surface area contributed by atoms with Gasteiger partial charge in [0, 0.05) is 21.8 Å². The molecule has 1 aromatic carbocycles. The van der Waals surface area contributed by atoms with E-state index in [1.54, 1.807) is 6.07 Å². The molecule has 0 atom stereocenters. The Bertz CT molecular complexity index is 532. The number of hydrogen-bond donors (Lipinski definition) is 1. The topological polar surface area (TPSA) is 49.4 Å². The molecule has 2 amide bonds. The van der Waals surface area contributed by atoms with Crippen LogP contribution in [0, 0.1) is 0 Å². The quantitative estimate of drug-likeness (QED) is 0.590. The number of rotatable bonds is 1. The van der Waals surface area contributed by atoms with Crippen LogP contribution in [0.2, 0.25) is 0 Å². The van der Waals surface area contributed by atoms with Crippen molar-refractivity contribution in [3.8, 4) is 0 Å². The van der Waals surface area contributed by atoms with E-state index in [-0.39, 0.29) is 29.8 Å². The van der Waals surface area contributed by atoms with Crippen molar-refractivity contribution in [2.45, 2.75) is 12.8 Å². The van der Waals surface area contributed by atoms with Crippen LogP contribution in [0.1, 0.15) is 12.8 Å². The maximum Gasteiger partial charge on any atom is 0.236 e. The van der Waals surface area contributed by atoms with Gasteiger partial charge in [0.1, 0.15) is 0 Å². The number of amides is 2. The van der Waals surface area contributed by atoms with E-state index >= 15 is 0 Å². The Labute approximate surface area is 126 Å². The van der Waals surface area contributed by atoms with Gasteiger partial charge >= 0.3 is 0 Å². The molecule has 4 nitrogen and oxygen atoms in total. The molecule has 0 saturated carbocycles. The van der Waals surface area contributed by atoms with Crippen LogP contribution in [0.25, 0.3) is 0 Å². The first kappa shape index (κ1) is 13.6. The van der Waals surface area contributed by atoms with Gasteiger partial charge in [0.2, 0.25) is 11.8 Å². The summed E-state index contributed by atoms with van der Waals surface area (Å²) in [6, 6.07) is 5.51. The molecule has 1 aliphatic heterocycles. The van der Waals surface area contributed by atoms with Crippen molar-refractivity contribution in [3.63, 3.8) is 0 Å². The summed E-state index contributed by atoms with van der Waals surface area (Å²) < 4.78 is 1.67. The van der Waals surface area contributed by atoms with Crippen LogP contribution in [-0.2, 0) is 9.59 Å². The number of likely N-dealkylation sites (tertiary alicyclic amines) is 1. The second-order valence-electron chi connectivity index (χ2n) is 3.68. The van der Waals surface area contributed by atoms with E-state index in [2.05, 4.69) is 37.2 Å². The first-order valence-electron chi connectivity index (χ1n) is 5.11. The third-order valence-electron chi connectivity index (χ3n) is 2.42. The van der Waals surface area contributed by atoms with Gasteiger partial charge in [-0.2, -0.15) is 0 Å². The van der Waals surface area contributed by atoms with Crippen molar-refractivity contribution in [3.05, 3.63) is 27.1 Å². The lowest BCUT2D eigenvalue weighted by molar-refractivity contribution is -0.133. The normalized spacial score (nSPS) is 15.1. The van der Waals surface area contributed by atoms with Gasteiger partial charge < -0.3 is 5.32 Å². The molecule has 0 aromatic heterocycles. The predicted molar refractivity (Wildman–Crippen MR) is 79.1 cm³/mol. The minimum absolute atomic E-state index is 0.112. The molecule has 0 radical (unpaired) electrons. The molecular weight excluding hydrogens is 384 g/mol. The van der Waals surface area contributed by atoms with Gasteiger partial charge in [-0.1, -0.05) is 15.9 Å². The number of halogens is 2. The fourth-order valence-electron chi connectivity index (χ4n) is 1.57. The molecule has 18 heavy (non-hydrogen) atoms. The van der Waals surface area contributed by atoms with Crippen LogP contribution in [0.4, 0.5) is 5.69 Å². The van der Waals surface area contributed by atoms with Crippen LogP contribution in [0.3, 0.4) is 0 Å². The largest absolute Gasteiger partial charge is 0.331 e. The Kier molecular flexibility index (Phi) is 4.14. The highest BCUT2D eigenvalue weighted by atomic mass is 79.9. The van der Waals surface area contributed by atoms with Gasteiger partial charge in [0.25, 0.3) is 0 Å². The summed E-state index contributed by atoms with van der Waals surface area (Å²) in [7, 11) is 0. The molecule has 0 bridgehead atoms. The van der Waals surface area contributed by atoms with Crippen LogP contribution in [0.5, 0.6) is 0 Å². The molecule has 7 heteroatoms. The zero-order chi connectivity index (χ0) is 13.3. The first-order chi connectivity index (χ1) is 8.49. The Morgan fingerprint density at radius 2 is 1.83 bits per heavy atom. The molecule has 1 N–H and O–H groups in total. The molecule has 1 fully saturated rings. The molecule has 0 spiro atoms. The molecule has 0 aliphatic carbocycles. The third kappa shape index (κ3) is 2.78. The SMILES string of the molecule is O=C1CCC(=O)N1C(=S)Nc1cc(Br)ccc1Br. The van der Waals surface area contributed by atoms with Gasteiger partial charge in [-0.3, -0.25) is 9.59 Å². The van der Waals surface area contributed by atoms with E-state index in [1.165, 1.54) is 0 Å². The van der Waals surface area contributed by atoms with Gasteiger partial charge in [-0.15, -0.1) is 0 Å². The maximum absolute atomic E-state index is 11.5. The second-order valence-corrected chi connectivity index (χ2v) is 5.83. The average Bonchev–Trinajstić information content (AvgIpc) is 2.63. The van der Waals surface area contributed by atoms with Crippen molar-refractivity contribution >= 4 is 66.7 Å². The summed E-state index contributed by atoms with van der Waals surface area (Å²) in [5.74, 6) is -0.521. The Morgan fingerprint density at radius 1 is 1.22 bits per heavy atom. The molecule has 1 aromatic rings. The van der Waals surface area contributed by atoms with Crippen molar-refractivity contribution in [1.82, 2.24) is 4.90 Å². The highest BCUT2D eigenvalue weighted by Gasteiger charge is 2.32. The number of benzene rings is 1. The lowest BCUT2D eigenvalue weighted by Crippen LogP contribution is -2.38. The average molecular weight is 392 g/mol. The zero-order valence-electron chi connectivity index (χ0n) is 9.07. The van der Waals surface area contributed by atoms with Gasteiger partial charge in [0.15, 0.2) is 5.11 Å². The number of carbonyl (C=O) groups excluding carboxylic acids is 2. The summed E-state index contributed by atoms with van der Waals surface area (Å²) in [5.41, 5.74) is 0.696. The lowest BCUT2D eigenvalue weighted by atomic mass is 10.3. The third-order valence-corrected chi connectivity index (χ3v) is 3.89. The minimum Gasteiger partial charge on any atom is -0.331 e. The number of nitrogens with one attached hydrogen (secondary N) is 1. The number of anilines is 1. The fraction of sp³-hybridized carbons (Fsp3) is 0.182. The van der Waals surface area contributed by atoms with Gasteiger partial charge in [0.05, 0.1) is 5.69 Å². The van der Waals surface area contributed by atoms with Crippen LogP contribution in [-0.4, -0.2) is 21.8 Å². The van der Waals surface area contributed by atoms with Crippen molar-refractivity contribution < 1.29 is 9.59 Å². The monoisotopic (exact) mass is 390 g/mol. The van der Waals surface area contributed by atoms with E-state index in [9.17, 15) is 9.59 Å². The number of carbonyl (C=O) groups is 2. The molecule has 94 valence electrons. The highest BCUT2D eigenvalue weighted by molar-refractivity contribution is 9.11. The van der Waals surface area contributed by atoms with E-state index < -0.39 is 0 Å². The zero-order valence-corrected chi connectivity index (χ0v) is 13.1. The fourth-order valence-corrected chi connectivity index (χ4v) is 2.59. The standard InChI is InChI=1S/C11H8Br2N2O2S/c12-6-1-2-7(13)8(5-6)14-11(18)15-9(16)3-4-10(15)17/h1-2,5H,3-4H2,(H,14,18).